The van der Waals surface area contributed by atoms with Gasteiger partial charge in [-0.25, -0.2) is 0 Å². The summed E-state index contributed by atoms with van der Waals surface area (Å²) in [6.45, 7) is 2.10. The molecule has 1 fully saturated rings. The van der Waals surface area contributed by atoms with Gasteiger partial charge in [-0.3, -0.25) is 9.59 Å². The molecule has 6 nitrogen and oxygen atoms in total. The van der Waals surface area contributed by atoms with Crippen molar-refractivity contribution in [1.29, 1.82) is 0 Å². The predicted octanol–water partition coefficient (Wildman–Crippen LogP) is 1.79. The molecule has 0 unspecified atom stereocenters. The summed E-state index contributed by atoms with van der Waals surface area (Å²) in [5.41, 5.74) is 2.46. The number of piperidine rings is 1. The first kappa shape index (κ1) is 16.8. The second-order valence-corrected chi connectivity index (χ2v) is 6.41. The van der Waals surface area contributed by atoms with Crippen LogP contribution in [0.15, 0.2) is 18.2 Å². The Hall–Kier alpha value is -2.08. The zero-order chi connectivity index (χ0) is 17.1. The summed E-state index contributed by atoms with van der Waals surface area (Å²) < 4.78 is 4.98. The molecule has 6 heteroatoms. The summed E-state index contributed by atoms with van der Waals surface area (Å²) >= 11 is 0. The van der Waals surface area contributed by atoms with Gasteiger partial charge in [0.1, 0.15) is 6.04 Å². The zero-order valence-electron chi connectivity index (χ0n) is 14.4. The molecule has 1 atom stereocenters. The van der Waals surface area contributed by atoms with Crippen molar-refractivity contribution in [3.8, 4) is 0 Å². The Morgan fingerprint density at radius 2 is 2.17 bits per heavy atom. The lowest BCUT2D eigenvalue weighted by atomic mass is 9.96. The van der Waals surface area contributed by atoms with Crippen LogP contribution < -0.4 is 15.1 Å². The maximum atomic E-state index is 12.6. The third-order valence-electron chi connectivity index (χ3n) is 4.84. The molecule has 0 bridgehead atoms. The first-order valence-electron chi connectivity index (χ1n) is 8.59. The summed E-state index contributed by atoms with van der Waals surface area (Å²) in [6.07, 6.45) is 3.89. The van der Waals surface area contributed by atoms with Gasteiger partial charge in [-0.15, -0.1) is 0 Å². The number of nitrogens with one attached hydrogen (secondary N) is 1. The normalized spacial score (nSPS) is 19.8. The highest BCUT2D eigenvalue weighted by atomic mass is 16.5. The van der Waals surface area contributed by atoms with Crippen molar-refractivity contribution in [1.82, 2.24) is 5.32 Å². The largest absolute Gasteiger partial charge is 0.385 e. The van der Waals surface area contributed by atoms with E-state index in [1.807, 2.05) is 18.2 Å². The Kier molecular flexibility index (Phi) is 5.04. The molecule has 2 aliphatic rings. The van der Waals surface area contributed by atoms with Crippen molar-refractivity contribution < 1.29 is 14.3 Å². The van der Waals surface area contributed by atoms with Crippen molar-refractivity contribution >= 4 is 23.2 Å². The minimum atomic E-state index is -0.115. The predicted molar refractivity (Wildman–Crippen MR) is 93.7 cm³/mol. The first-order chi connectivity index (χ1) is 11.6. The minimum absolute atomic E-state index is 0.0510. The molecule has 1 saturated heterocycles. The number of rotatable bonds is 5. The smallest absolute Gasteiger partial charge is 0.251 e. The number of hydrogen-bond donors (Lipinski definition) is 1. The molecule has 1 aromatic carbocycles. The van der Waals surface area contributed by atoms with Crippen molar-refractivity contribution in [3.05, 3.63) is 23.8 Å². The number of carbonyl (C=O) groups excluding carboxylic acids is 2. The van der Waals surface area contributed by atoms with Gasteiger partial charge in [0.15, 0.2) is 0 Å². The van der Waals surface area contributed by atoms with Gasteiger partial charge in [0.25, 0.3) is 5.91 Å². The summed E-state index contributed by atoms with van der Waals surface area (Å²) in [7, 11) is 3.44. The van der Waals surface area contributed by atoms with Gasteiger partial charge in [0, 0.05) is 39.4 Å². The Morgan fingerprint density at radius 1 is 1.33 bits per heavy atom. The topological polar surface area (TPSA) is 61.9 Å². The zero-order valence-corrected chi connectivity index (χ0v) is 14.4. The van der Waals surface area contributed by atoms with Crippen LogP contribution in [0.4, 0.5) is 11.4 Å². The molecule has 2 amide bonds. The van der Waals surface area contributed by atoms with Crippen LogP contribution in [0.2, 0.25) is 0 Å². The summed E-state index contributed by atoms with van der Waals surface area (Å²) in [5.74, 6) is 0.00960. The summed E-state index contributed by atoms with van der Waals surface area (Å²) in [5, 5.41) is 2.89. The number of carbonyl (C=O) groups is 2. The van der Waals surface area contributed by atoms with Crippen LogP contribution >= 0.6 is 0 Å². The molecule has 0 radical (unpaired) electrons. The van der Waals surface area contributed by atoms with Gasteiger partial charge in [-0.2, -0.15) is 0 Å². The second-order valence-electron chi connectivity index (χ2n) is 6.41. The van der Waals surface area contributed by atoms with Crippen LogP contribution in [-0.4, -0.2) is 51.7 Å². The molecular weight excluding hydrogens is 306 g/mol. The maximum Gasteiger partial charge on any atom is 0.251 e. The van der Waals surface area contributed by atoms with Crippen LogP contribution in [0, 0.1) is 0 Å². The number of nitrogens with zero attached hydrogens (tertiary/aromatic N) is 2. The molecule has 130 valence electrons. The van der Waals surface area contributed by atoms with E-state index in [1.54, 1.807) is 19.1 Å². The number of fused-ring (bicyclic) bond motifs is 3. The molecule has 24 heavy (non-hydrogen) atoms. The minimum Gasteiger partial charge on any atom is -0.385 e. The highest BCUT2D eigenvalue weighted by Crippen LogP contribution is 2.39. The monoisotopic (exact) mass is 331 g/mol. The fourth-order valence-electron chi connectivity index (χ4n) is 3.52. The third-order valence-corrected chi connectivity index (χ3v) is 4.84. The van der Waals surface area contributed by atoms with Crippen LogP contribution in [0.5, 0.6) is 0 Å². The number of ether oxygens (including phenoxy) is 1. The lowest BCUT2D eigenvalue weighted by molar-refractivity contribution is -0.120. The Balaban J connectivity index is 1.80. The van der Waals surface area contributed by atoms with E-state index in [0.29, 0.717) is 18.7 Å². The average molecular weight is 331 g/mol. The number of anilines is 2. The van der Waals surface area contributed by atoms with E-state index in [0.717, 1.165) is 43.6 Å². The fraction of sp³-hybridized carbons (Fsp3) is 0.556. The van der Waals surface area contributed by atoms with Gasteiger partial charge >= 0.3 is 0 Å². The third kappa shape index (κ3) is 3.11. The molecule has 3 rings (SSSR count). The molecule has 0 saturated carbocycles. The lowest BCUT2D eigenvalue weighted by Crippen LogP contribution is -2.54. The standard InChI is InChI=1S/C18H25N3O3/c1-20-16-12-13(17(22)19-9-5-11-24-2)7-8-14(16)21-10-4-3-6-15(21)18(20)23/h7-8,12,15H,3-6,9-11H2,1-2H3,(H,19,22)/t15-/m1/s1. The van der Waals surface area contributed by atoms with Crippen molar-refractivity contribution in [2.75, 3.05) is 43.7 Å². The van der Waals surface area contributed by atoms with Gasteiger partial charge < -0.3 is 19.9 Å². The van der Waals surface area contributed by atoms with E-state index in [-0.39, 0.29) is 17.9 Å². The van der Waals surface area contributed by atoms with E-state index in [1.165, 1.54) is 0 Å². The lowest BCUT2D eigenvalue weighted by Gasteiger charge is -2.44. The Bertz CT molecular complexity index is 632. The molecular formula is C18H25N3O3. The van der Waals surface area contributed by atoms with Crippen LogP contribution in [-0.2, 0) is 9.53 Å². The number of hydrogen-bond acceptors (Lipinski definition) is 4. The van der Waals surface area contributed by atoms with Gasteiger partial charge in [0.05, 0.1) is 11.4 Å². The highest BCUT2D eigenvalue weighted by Gasteiger charge is 2.37. The summed E-state index contributed by atoms with van der Waals surface area (Å²) in [4.78, 5) is 28.8. The van der Waals surface area contributed by atoms with Gasteiger partial charge in [0.2, 0.25) is 5.91 Å². The molecule has 2 heterocycles. The molecule has 2 aliphatic heterocycles. The van der Waals surface area contributed by atoms with Gasteiger partial charge in [-0.1, -0.05) is 0 Å². The molecule has 0 aromatic heterocycles. The van der Waals surface area contributed by atoms with E-state index in [2.05, 4.69) is 10.2 Å². The Labute approximate surface area is 142 Å². The van der Waals surface area contributed by atoms with E-state index in [9.17, 15) is 9.59 Å². The number of amides is 2. The van der Waals surface area contributed by atoms with Crippen LogP contribution in [0.3, 0.4) is 0 Å². The summed E-state index contributed by atoms with van der Waals surface area (Å²) in [6, 6.07) is 5.59. The maximum absolute atomic E-state index is 12.6. The van der Waals surface area contributed by atoms with Crippen molar-refractivity contribution in [2.24, 2.45) is 0 Å². The molecule has 0 spiro atoms. The molecule has 1 aromatic rings. The van der Waals surface area contributed by atoms with E-state index in [4.69, 9.17) is 4.74 Å². The average Bonchev–Trinajstić information content (AvgIpc) is 2.62. The van der Waals surface area contributed by atoms with Crippen LogP contribution in [0.1, 0.15) is 36.0 Å². The number of likely N-dealkylation sites (N-methyl/N-ethyl adjacent to an activating group) is 1. The van der Waals surface area contributed by atoms with Crippen LogP contribution in [0.25, 0.3) is 0 Å². The van der Waals surface area contributed by atoms with Gasteiger partial charge in [-0.05, 0) is 43.9 Å². The van der Waals surface area contributed by atoms with Crippen molar-refractivity contribution in [2.45, 2.75) is 31.7 Å². The SMILES string of the molecule is COCCCNC(=O)c1ccc2c(c1)N(C)C(=O)[C@H]1CCCCN21. The van der Waals surface area contributed by atoms with E-state index < -0.39 is 0 Å². The number of benzene rings is 1. The molecule has 0 aliphatic carbocycles. The van der Waals surface area contributed by atoms with E-state index >= 15 is 0 Å². The quantitative estimate of drug-likeness (QED) is 0.836. The fourth-order valence-corrected chi connectivity index (χ4v) is 3.52. The van der Waals surface area contributed by atoms with Crippen molar-refractivity contribution in [3.63, 3.8) is 0 Å². The second kappa shape index (κ2) is 7.21. The highest BCUT2D eigenvalue weighted by molar-refractivity contribution is 6.07. The first-order valence-corrected chi connectivity index (χ1v) is 8.59. The number of methoxy groups -OCH3 is 1. The Morgan fingerprint density at radius 3 is 2.96 bits per heavy atom. The molecule has 1 N–H and O–H groups in total.